The Morgan fingerprint density at radius 3 is 2.42 bits per heavy atom. The zero-order valence-electron chi connectivity index (χ0n) is 6.65. The van der Waals surface area contributed by atoms with Gasteiger partial charge in [-0.1, -0.05) is 10.9 Å². The average Bonchev–Trinajstić information content (AvgIpc) is 2.00. The number of hydrogen-bond acceptors (Lipinski definition) is 6. The Morgan fingerprint density at radius 2 is 2.08 bits per heavy atom. The maximum Gasteiger partial charge on any atom is 0.366 e. The second-order valence-electron chi connectivity index (χ2n) is 1.52. The molecule has 0 amide bonds. The van der Waals surface area contributed by atoms with E-state index in [1.165, 1.54) is 6.92 Å². The van der Waals surface area contributed by atoms with Crippen LogP contribution in [0, 0.1) is 0 Å². The Kier molecular flexibility index (Phi) is 6.48. The van der Waals surface area contributed by atoms with E-state index in [1.807, 2.05) is 0 Å². The summed E-state index contributed by atoms with van der Waals surface area (Å²) >= 11 is 0. The molecule has 0 atom stereocenters. The molecular formula is C5H11NO5S. The van der Waals surface area contributed by atoms with E-state index in [-0.39, 0.29) is 11.9 Å². The molecule has 7 heteroatoms. The first-order valence-corrected chi connectivity index (χ1v) is 4.34. The van der Waals surface area contributed by atoms with Crippen LogP contribution in [-0.2, 0) is 24.1 Å². The van der Waals surface area contributed by atoms with Crippen molar-refractivity contribution in [2.24, 2.45) is 0 Å². The van der Waals surface area contributed by atoms with Gasteiger partial charge in [0.2, 0.25) is 0 Å². The molecule has 6 nitrogen and oxygen atoms in total. The van der Waals surface area contributed by atoms with Gasteiger partial charge in [0.15, 0.2) is 0 Å². The van der Waals surface area contributed by atoms with E-state index in [0.717, 1.165) is 6.08 Å². The predicted octanol–water partition coefficient (Wildman–Crippen LogP) is 0.159. The summed E-state index contributed by atoms with van der Waals surface area (Å²) in [6.07, 6.45) is 0.797. The second kappa shape index (κ2) is 5.70. The van der Waals surface area contributed by atoms with Gasteiger partial charge in [0, 0.05) is 6.08 Å². The van der Waals surface area contributed by atoms with Crippen molar-refractivity contribution < 1.29 is 22.4 Å². The Hall–Kier alpha value is -0.920. The van der Waals surface area contributed by atoms with Crippen LogP contribution in [0.1, 0.15) is 6.92 Å². The number of hydrogen-bond donors (Lipinski definition) is 1. The van der Waals surface area contributed by atoms with Gasteiger partial charge in [-0.15, -0.1) is 0 Å². The van der Waals surface area contributed by atoms with Crippen LogP contribution in [0.5, 0.6) is 0 Å². The quantitative estimate of drug-likeness (QED) is 0.391. The minimum atomic E-state index is -3.72. The van der Waals surface area contributed by atoms with Crippen LogP contribution in [0.4, 0.5) is 0 Å². The largest absolute Gasteiger partial charge is 0.366 e. The lowest BCUT2D eigenvalue weighted by molar-refractivity contribution is -0.204. The summed E-state index contributed by atoms with van der Waals surface area (Å²) in [5.74, 6) is -1.20. The standard InChI is InChI=1S/C5H8O5S.H3N/c1-3-5(6)9-10-11(7,8)4-2;/h3H,1,4H2,2H3;1H3. The monoisotopic (exact) mass is 197 g/mol. The third-order valence-electron chi connectivity index (χ3n) is 0.740. The molecular weight excluding hydrogens is 186 g/mol. The first-order chi connectivity index (χ1) is 5.02. The van der Waals surface area contributed by atoms with E-state index in [0.29, 0.717) is 0 Å². The fourth-order valence-electron chi connectivity index (χ4n) is 0.167. The number of carbonyl (C=O) groups is 1. The van der Waals surface area contributed by atoms with Gasteiger partial charge in [-0.2, -0.15) is 8.42 Å². The number of rotatable bonds is 4. The molecule has 0 rings (SSSR count). The summed E-state index contributed by atoms with van der Waals surface area (Å²) in [6.45, 7) is 4.40. The molecule has 0 aromatic heterocycles. The van der Waals surface area contributed by atoms with Crippen LogP contribution in [0.25, 0.3) is 0 Å². The van der Waals surface area contributed by atoms with Crippen LogP contribution >= 0.6 is 0 Å². The van der Waals surface area contributed by atoms with Gasteiger partial charge in [-0.05, 0) is 6.92 Å². The van der Waals surface area contributed by atoms with E-state index >= 15 is 0 Å². The highest BCUT2D eigenvalue weighted by atomic mass is 32.2. The normalized spacial score (nSPS) is 9.75. The molecule has 0 heterocycles. The molecule has 0 radical (unpaired) electrons. The smallest absolute Gasteiger partial charge is 0.344 e. The Balaban J connectivity index is 0. The first-order valence-electron chi connectivity index (χ1n) is 2.77. The lowest BCUT2D eigenvalue weighted by Gasteiger charge is -1.97. The van der Waals surface area contributed by atoms with Crippen molar-refractivity contribution in [3.05, 3.63) is 12.7 Å². The molecule has 0 aliphatic heterocycles. The van der Waals surface area contributed by atoms with Crippen molar-refractivity contribution in [2.75, 3.05) is 5.75 Å². The lowest BCUT2D eigenvalue weighted by Crippen LogP contribution is -2.11. The molecule has 0 fully saturated rings. The molecule has 0 saturated carbocycles. The van der Waals surface area contributed by atoms with Crippen LogP contribution in [0.2, 0.25) is 0 Å². The van der Waals surface area contributed by atoms with Gasteiger partial charge in [-0.25, -0.2) is 4.79 Å². The maximum absolute atomic E-state index is 10.5. The van der Waals surface area contributed by atoms with Crippen molar-refractivity contribution >= 4 is 16.1 Å². The van der Waals surface area contributed by atoms with Crippen LogP contribution in [0.3, 0.4) is 0 Å². The zero-order chi connectivity index (χ0) is 8.91. The predicted molar refractivity (Wildman–Crippen MR) is 41.9 cm³/mol. The third kappa shape index (κ3) is 5.83. The average molecular weight is 197 g/mol. The molecule has 0 aromatic rings. The molecule has 0 aromatic carbocycles. The lowest BCUT2D eigenvalue weighted by atomic mass is 10.7. The van der Waals surface area contributed by atoms with Crippen LogP contribution in [-0.4, -0.2) is 20.1 Å². The van der Waals surface area contributed by atoms with Crippen molar-refractivity contribution in [3.8, 4) is 0 Å². The summed E-state index contributed by atoms with van der Waals surface area (Å²) in [5, 5.41) is 0. The Morgan fingerprint density at radius 1 is 1.58 bits per heavy atom. The summed E-state index contributed by atoms with van der Waals surface area (Å²) < 4.78 is 24.8. The van der Waals surface area contributed by atoms with Crippen molar-refractivity contribution in [2.45, 2.75) is 6.92 Å². The van der Waals surface area contributed by atoms with Gasteiger partial charge in [0.05, 0.1) is 5.75 Å². The zero-order valence-corrected chi connectivity index (χ0v) is 7.46. The van der Waals surface area contributed by atoms with Crippen molar-refractivity contribution in [1.29, 1.82) is 0 Å². The van der Waals surface area contributed by atoms with Crippen molar-refractivity contribution in [3.63, 3.8) is 0 Å². The fourth-order valence-corrected chi connectivity index (χ4v) is 0.434. The van der Waals surface area contributed by atoms with E-state index in [9.17, 15) is 13.2 Å². The second-order valence-corrected chi connectivity index (χ2v) is 3.35. The van der Waals surface area contributed by atoms with Gasteiger partial charge in [0.1, 0.15) is 0 Å². The Labute approximate surface area is 70.8 Å². The van der Waals surface area contributed by atoms with E-state index < -0.39 is 16.1 Å². The summed E-state index contributed by atoms with van der Waals surface area (Å²) in [4.78, 5) is 14.0. The summed E-state index contributed by atoms with van der Waals surface area (Å²) in [7, 11) is -3.72. The van der Waals surface area contributed by atoms with Gasteiger partial charge in [-0.3, -0.25) is 4.89 Å². The SMILES string of the molecule is C=CC(=O)OOS(=O)(=O)CC.N. The first kappa shape index (κ1) is 13.7. The molecule has 0 saturated heterocycles. The minimum absolute atomic E-state index is 0. The van der Waals surface area contributed by atoms with E-state index in [1.54, 1.807) is 0 Å². The summed E-state index contributed by atoms with van der Waals surface area (Å²) in [5.41, 5.74) is 0. The van der Waals surface area contributed by atoms with Crippen LogP contribution in [0.15, 0.2) is 12.7 Å². The fraction of sp³-hybridized carbons (Fsp3) is 0.400. The molecule has 0 aliphatic rings. The highest BCUT2D eigenvalue weighted by Gasteiger charge is 2.10. The minimum Gasteiger partial charge on any atom is -0.344 e. The van der Waals surface area contributed by atoms with Gasteiger partial charge >= 0.3 is 16.1 Å². The molecule has 72 valence electrons. The van der Waals surface area contributed by atoms with Gasteiger partial charge in [0.25, 0.3) is 0 Å². The Bertz CT molecular complexity index is 245. The van der Waals surface area contributed by atoms with Gasteiger partial charge < -0.3 is 6.15 Å². The highest BCUT2D eigenvalue weighted by molar-refractivity contribution is 7.86. The molecule has 3 N–H and O–H groups in total. The maximum atomic E-state index is 10.5. The molecule has 0 spiro atoms. The molecule has 0 bridgehead atoms. The highest BCUT2D eigenvalue weighted by Crippen LogP contribution is 1.93. The molecule has 0 aliphatic carbocycles. The molecule has 0 unspecified atom stereocenters. The van der Waals surface area contributed by atoms with E-state index in [2.05, 4.69) is 15.8 Å². The third-order valence-corrected chi connectivity index (χ3v) is 1.72. The van der Waals surface area contributed by atoms with Crippen molar-refractivity contribution in [1.82, 2.24) is 6.15 Å². The molecule has 12 heavy (non-hydrogen) atoms. The van der Waals surface area contributed by atoms with E-state index in [4.69, 9.17) is 0 Å². The topological polar surface area (TPSA) is 105 Å². The van der Waals surface area contributed by atoms with Crippen LogP contribution < -0.4 is 6.15 Å². The number of carbonyl (C=O) groups excluding carboxylic acids is 1. The summed E-state index contributed by atoms with van der Waals surface area (Å²) in [6, 6.07) is 0.